The lowest BCUT2D eigenvalue weighted by Gasteiger charge is -2.26. The fourth-order valence-electron chi connectivity index (χ4n) is 4.09. The van der Waals surface area contributed by atoms with E-state index in [1.54, 1.807) is 30.3 Å². The fraction of sp³-hybridized carbons (Fsp3) is 0.120. The zero-order valence-electron chi connectivity index (χ0n) is 17.0. The molecular formula is C25H18FNO5. The highest BCUT2D eigenvalue weighted by atomic mass is 19.1. The Morgan fingerprint density at radius 1 is 1.00 bits per heavy atom. The number of hydrogen-bond donors (Lipinski definition) is 1. The van der Waals surface area contributed by atoms with Crippen molar-refractivity contribution in [2.75, 3.05) is 11.7 Å². The molecule has 0 bridgehead atoms. The summed E-state index contributed by atoms with van der Waals surface area (Å²) in [7, 11) is 0. The van der Waals surface area contributed by atoms with Crippen LogP contribution in [-0.2, 0) is 9.59 Å². The molecule has 1 fully saturated rings. The Balaban J connectivity index is 1.72. The summed E-state index contributed by atoms with van der Waals surface area (Å²) in [5.41, 5.74) is 2.14. The van der Waals surface area contributed by atoms with E-state index >= 15 is 0 Å². The number of aliphatic hydroxyl groups excluding tert-OH is 1. The summed E-state index contributed by atoms with van der Waals surface area (Å²) < 4.78 is 24.2. The van der Waals surface area contributed by atoms with Crippen LogP contribution in [0.3, 0.4) is 0 Å². The van der Waals surface area contributed by atoms with Gasteiger partial charge in [-0.2, -0.15) is 0 Å². The Kier molecular flexibility index (Phi) is 4.66. The zero-order chi connectivity index (χ0) is 22.4. The Labute approximate surface area is 183 Å². The number of nitrogens with zero attached hydrogens (tertiary/aromatic N) is 1. The molecule has 0 radical (unpaired) electrons. The van der Waals surface area contributed by atoms with Gasteiger partial charge in [-0.05, 0) is 60.5 Å². The van der Waals surface area contributed by atoms with Crippen LogP contribution in [0.15, 0.2) is 72.3 Å². The van der Waals surface area contributed by atoms with Crippen molar-refractivity contribution in [3.63, 3.8) is 0 Å². The molecule has 1 unspecified atom stereocenters. The number of amides is 1. The van der Waals surface area contributed by atoms with Gasteiger partial charge in [0.2, 0.25) is 6.79 Å². The first-order valence-corrected chi connectivity index (χ1v) is 9.98. The van der Waals surface area contributed by atoms with Crippen LogP contribution in [0.1, 0.15) is 22.7 Å². The van der Waals surface area contributed by atoms with Crippen LogP contribution in [0.2, 0.25) is 0 Å². The number of aliphatic hydroxyl groups is 1. The molecule has 2 aliphatic rings. The van der Waals surface area contributed by atoms with Gasteiger partial charge < -0.3 is 14.6 Å². The number of benzene rings is 3. The fourth-order valence-corrected chi connectivity index (χ4v) is 4.09. The number of halogens is 1. The van der Waals surface area contributed by atoms with Gasteiger partial charge >= 0.3 is 0 Å². The molecule has 0 aliphatic carbocycles. The maximum absolute atomic E-state index is 13.5. The summed E-state index contributed by atoms with van der Waals surface area (Å²) in [4.78, 5) is 27.6. The van der Waals surface area contributed by atoms with E-state index in [0.29, 0.717) is 28.3 Å². The number of carbonyl (C=O) groups is 2. The van der Waals surface area contributed by atoms with Crippen LogP contribution in [0.4, 0.5) is 10.1 Å². The number of rotatable bonds is 3. The van der Waals surface area contributed by atoms with Gasteiger partial charge in [0.05, 0.1) is 11.6 Å². The minimum atomic E-state index is -0.882. The first kappa shape index (κ1) is 19.8. The monoisotopic (exact) mass is 431 g/mol. The van der Waals surface area contributed by atoms with Crippen molar-refractivity contribution in [1.29, 1.82) is 0 Å². The number of ketones is 1. The number of fused-ring (bicyclic) bond motifs is 1. The quantitative estimate of drug-likeness (QED) is 0.376. The molecule has 0 spiro atoms. The second-order valence-corrected chi connectivity index (χ2v) is 7.57. The van der Waals surface area contributed by atoms with Crippen molar-refractivity contribution in [3.8, 4) is 11.5 Å². The average Bonchev–Trinajstić information content (AvgIpc) is 3.36. The lowest BCUT2D eigenvalue weighted by atomic mass is 9.92. The van der Waals surface area contributed by atoms with E-state index < -0.39 is 23.5 Å². The Bertz CT molecular complexity index is 1280. The predicted octanol–water partition coefficient (Wildman–Crippen LogP) is 4.49. The third kappa shape index (κ3) is 3.10. The second-order valence-electron chi connectivity index (χ2n) is 7.57. The zero-order valence-corrected chi connectivity index (χ0v) is 17.0. The van der Waals surface area contributed by atoms with Crippen LogP contribution < -0.4 is 14.4 Å². The normalized spacial score (nSPS) is 18.9. The van der Waals surface area contributed by atoms with Crippen molar-refractivity contribution in [2.45, 2.75) is 13.0 Å². The smallest absolute Gasteiger partial charge is 0.300 e. The minimum Gasteiger partial charge on any atom is -0.507 e. The summed E-state index contributed by atoms with van der Waals surface area (Å²) >= 11 is 0. The van der Waals surface area contributed by atoms with E-state index in [-0.39, 0.29) is 18.1 Å². The van der Waals surface area contributed by atoms with Gasteiger partial charge in [0.15, 0.2) is 11.5 Å². The van der Waals surface area contributed by atoms with Crippen LogP contribution in [-0.4, -0.2) is 23.6 Å². The largest absolute Gasteiger partial charge is 0.507 e. The third-order valence-electron chi connectivity index (χ3n) is 5.68. The molecule has 3 aromatic carbocycles. The summed E-state index contributed by atoms with van der Waals surface area (Å²) in [5, 5.41) is 11.2. The lowest BCUT2D eigenvalue weighted by molar-refractivity contribution is -0.132. The van der Waals surface area contributed by atoms with Gasteiger partial charge in [-0.15, -0.1) is 0 Å². The van der Waals surface area contributed by atoms with Crippen molar-refractivity contribution in [1.82, 2.24) is 0 Å². The van der Waals surface area contributed by atoms with Crippen molar-refractivity contribution >= 4 is 23.1 Å². The molecule has 0 saturated carbocycles. The molecule has 32 heavy (non-hydrogen) atoms. The molecule has 1 amide bonds. The number of Topliss-reactive ketones (excluding diaryl/α,β-unsaturated/α-hetero) is 1. The Morgan fingerprint density at radius 3 is 2.47 bits per heavy atom. The predicted molar refractivity (Wildman–Crippen MR) is 115 cm³/mol. The number of aryl methyl sites for hydroxylation is 1. The van der Waals surface area contributed by atoms with Crippen LogP contribution in [0, 0.1) is 12.7 Å². The molecule has 3 aromatic rings. The minimum absolute atomic E-state index is 0.0486. The average molecular weight is 431 g/mol. The molecule has 1 N–H and O–H groups in total. The Hall–Kier alpha value is -4.13. The van der Waals surface area contributed by atoms with E-state index in [0.717, 1.165) is 5.56 Å². The highest BCUT2D eigenvalue weighted by Crippen LogP contribution is 2.44. The second kappa shape index (κ2) is 7.53. The molecule has 5 rings (SSSR count). The summed E-state index contributed by atoms with van der Waals surface area (Å²) in [6, 6.07) is 16.6. The van der Waals surface area contributed by atoms with Gasteiger partial charge in [0, 0.05) is 11.3 Å². The van der Waals surface area contributed by atoms with Crippen molar-refractivity contribution < 1.29 is 28.6 Å². The van der Waals surface area contributed by atoms with Crippen LogP contribution >= 0.6 is 0 Å². The molecule has 160 valence electrons. The summed E-state index contributed by atoms with van der Waals surface area (Å²) in [6.45, 7) is 1.93. The van der Waals surface area contributed by atoms with E-state index in [4.69, 9.17) is 9.47 Å². The number of anilines is 1. The van der Waals surface area contributed by atoms with Crippen LogP contribution in [0.5, 0.6) is 11.5 Å². The van der Waals surface area contributed by atoms with Crippen molar-refractivity contribution in [3.05, 3.63) is 94.8 Å². The lowest BCUT2D eigenvalue weighted by Crippen LogP contribution is -2.29. The van der Waals surface area contributed by atoms with Gasteiger partial charge in [-0.25, -0.2) is 4.39 Å². The van der Waals surface area contributed by atoms with E-state index in [2.05, 4.69) is 0 Å². The molecule has 6 nitrogen and oxygen atoms in total. The van der Waals surface area contributed by atoms with E-state index in [1.807, 2.05) is 19.1 Å². The molecule has 7 heteroatoms. The third-order valence-corrected chi connectivity index (χ3v) is 5.68. The topological polar surface area (TPSA) is 76.1 Å². The standard InChI is InChI=1S/C25H18FNO5/c1-14-4-2-3-5-18(14)22-21(23(28)15-6-11-19-20(12-15)32-13-31-19)24(29)25(30)27(22)17-9-7-16(26)8-10-17/h2-12,22,28H,13H2,1H3/b23-21+. The molecule has 2 aliphatic heterocycles. The number of hydrogen-bond acceptors (Lipinski definition) is 5. The maximum Gasteiger partial charge on any atom is 0.300 e. The van der Waals surface area contributed by atoms with Gasteiger partial charge in [-0.1, -0.05) is 24.3 Å². The van der Waals surface area contributed by atoms with Gasteiger partial charge in [0.25, 0.3) is 11.7 Å². The summed E-state index contributed by atoms with van der Waals surface area (Å²) in [5.74, 6) is -1.43. The molecular weight excluding hydrogens is 413 g/mol. The number of carbonyl (C=O) groups excluding carboxylic acids is 2. The van der Waals surface area contributed by atoms with E-state index in [1.165, 1.54) is 29.2 Å². The number of ether oxygens (including phenoxy) is 2. The maximum atomic E-state index is 13.5. The molecule has 1 atom stereocenters. The first-order valence-electron chi connectivity index (χ1n) is 9.98. The Morgan fingerprint density at radius 2 is 1.72 bits per heavy atom. The molecule has 0 aromatic heterocycles. The van der Waals surface area contributed by atoms with E-state index in [9.17, 15) is 19.1 Å². The summed E-state index contributed by atoms with van der Waals surface area (Å²) in [6.07, 6.45) is 0. The van der Waals surface area contributed by atoms with Crippen LogP contribution in [0.25, 0.3) is 5.76 Å². The highest BCUT2D eigenvalue weighted by molar-refractivity contribution is 6.51. The van der Waals surface area contributed by atoms with Gasteiger partial charge in [-0.3, -0.25) is 14.5 Å². The van der Waals surface area contributed by atoms with Gasteiger partial charge in [0.1, 0.15) is 11.6 Å². The first-order chi connectivity index (χ1) is 15.5. The molecule has 1 saturated heterocycles. The highest BCUT2D eigenvalue weighted by Gasteiger charge is 2.47. The van der Waals surface area contributed by atoms with Crippen molar-refractivity contribution in [2.24, 2.45) is 0 Å². The SMILES string of the molecule is Cc1ccccc1C1/C(=C(\O)c2ccc3c(c2)OCO3)C(=O)C(=O)N1c1ccc(F)cc1. The molecule has 2 heterocycles.